The molecule has 0 atom stereocenters. The number of sulfonamides is 1. The first kappa shape index (κ1) is 27.3. The fourth-order valence-electron chi connectivity index (χ4n) is 4.19. The van der Waals surface area contributed by atoms with Crippen LogP contribution in [0.25, 0.3) is 11.8 Å². The summed E-state index contributed by atoms with van der Waals surface area (Å²) in [6.45, 7) is 0.370. The number of amides is 1. The molecule has 198 valence electrons. The van der Waals surface area contributed by atoms with Gasteiger partial charge >= 0.3 is 0 Å². The quantitative estimate of drug-likeness (QED) is 0.390. The zero-order valence-corrected chi connectivity index (χ0v) is 22.7. The van der Waals surface area contributed by atoms with Crippen molar-refractivity contribution < 1.29 is 27.4 Å². The summed E-state index contributed by atoms with van der Waals surface area (Å²) in [5.41, 5.74) is 3.61. The molecule has 0 aliphatic carbocycles. The van der Waals surface area contributed by atoms with Crippen molar-refractivity contribution in [2.45, 2.75) is 11.3 Å². The molecule has 0 spiro atoms. The first-order valence-corrected chi connectivity index (χ1v) is 13.5. The summed E-state index contributed by atoms with van der Waals surface area (Å²) in [5, 5.41) is 5.79. The van der Waals surface area contributed by atoms with Gasteiger partial charge in [0.05, 0.1) is 31.9 Å². The van der Waals surface area contributed by atoms with Gasteiger partial charge in [0.15, 0.2) is 11.5 Å². The Bertz CT molecular complexity index is 1490. The Hall–Kier alpha value is -3.79. The average Bonchev–Trinajstić information content (AvgIpc) is 3.21. The van der Waals surface area contributed by atoms with Gasteiger partial charge in [-0.2, -0.15) is 0 Å². The number of primary sulfonamides is 1. The largest absolute Gasteiger partial charge is 0.493 e. The van der Waals surface area contributed by atoms with E-state index in [0.717, 1.165) is 16.8 Å². The highest BCUT2D eigenvalue weighted by Gasteiger charge is 2.29. The van der Waals surface area contributed by atoms with Crippen molar-refractivity contribution in [2.75, 3.05) is 27.9 Å². The summed E-state index contributed by atoms with van der Waals surface area (Å²) in [4.78, 5) is 15.3. The highest BCUT2D eigenvalue weighted by molar-refractivity contribution is 7.89. The molecule has 0 radical (unpaired) electrons. The third kappa shape index (κ3) is 5.85. The Labute approximate surface area is 226 Å². The summed E-state index contributed by atoms with van der Waals surface area (Å²) >= 11 is 6.09. The summed E-state index contributed by atoms with van der Waals surface area (Å²) in [6.07, 6.45) is 4.10. The van der Waals surface area contributed by atoms with Crippen LogP contribution in [0.4, 0.5) is 0 Å². The minimum Gasteiger partial charge on any atom is -0.493 e. The van der Waals surface area contributed by atoms with Crippen molar-refractivity contribution in [1.29, 1.82) is 0 Å². The molecule has 1 aliphatic heterocycles. The molecule has 38 heavy (non-hydrogen) atoms. The molecule has 0 saturated carbocycles. The van der Waals surface area contributed by atoms with Gasteiger partial charge in [0.1, 0.15) is 0 Å². The molecule has 10 heteroatoms. The molecule has 2 N–H and O–H groups in total. The lowest BCUT2D eigenvalue weighted by molar-refractivity contribution is -0.122. The van der Waals surface area contributed by atoms with Crippen molar-refractivity contribution in [2.24, 2.45) is 5.14 Å². The SMILES string of the molecule is COc1cc(/C=C2/C=C(c3ccc(Cl)cc3)N(CCc3ccc(S(N)(=O)=O)cc3)C2=O)cc(OC)c1OC. The predicted octanol–water partition coefficient (Wildman–Crippen LogP) is 4.52. The number of ether oxygens (including phenoxy) is 3. The van der Waals surface area contributed by atoms with E-state index in [1.165, 1.54) is 33.5 Å². The number of nitrogens with two attached hydrogens (primary N) is 1. The van der Waals surface area contributed by atoms with Crippen LogP contribution in [-0.2, 0) is 21.2 Å². The van der Waals surface area contributed by atoms with Gasteiger partial charge in [0, 0.05) is 17.1 Å². The zero-order chi connectivity index (χ0) is 27.4. The van der Waals surface area contributed by atoms with Crippen molar-refractivity contribution >= 4 is 39.3 Å². The molecular weight excluding hydrogens is 528 g/mol. The number of halogens is 1. The number of carbonyl (C=O) groups is 1. The number of nitrogens with zero attached hydrogens (tertiary/aromatic N) is 1. The van der Waals surface area contributed by atoms with Gasteiger partial charge in [-0.25, -0.2) is 13.6 Å². The Morgan fingerprint density at radius 2 is 1.53 bits per heavy atom. The molecule has 0 aromatic heterocycles. The molecule has 3 aromatic rings. The Kier molecular flexibility index (Phi) is 8.11. The molecule has 0 unspecified atom stereocenters. The molecule has 1 aliphatic rings. The van der Waals surface area contributed by atoms with Crippen LogP contribution in [0, 0.1) is 0 Å². The van der Waals surface area contributed by atoms with E-state index in [0.29, 0.717) is 46.4 Å². The minimum absolute atomic E-state index is 0.0378. The van der Waals surface area contributed by atoms with Crippen molar-refractivity contribution in [3.05, 3.63) is 94.0 Å². The standard InChI is InChI=1S/C28H27ClN2O6S/c1-35-25-15-19(16-26(36-2)27(25)37-3)14-21-17-24(20-6-8-22(29)9-7-20)31(28(21)32)13-12-18-4-10-23(11-5-18)38(30,33)34/h4-11,14-17H,12-13H2,1-3H3,(H2,30,33,34)/b21-14-. The van der Waals surface area contributed by atoms with Gasteiger partial charge in [-0.3, -0.25) is 4.79 Å². The monoisotopic (exact) mass is 554 g/mol. The Balaban J connectivity index is 1.68. The highest BCUT2D eigenvalue weighted by Crippen LogP contribution is 2.39. The molecule has 1 amide bonds. The van der Waals surface area contributed by atoms with E-state index in [1.54, 1.807) is 47.4 Å². The summed E-state index contributed by atoms with van der Waals surface area (Å²) in [6, 6.07) is 17.1. The lowest BCUT2D eigenvalue weighted by atomic mass is 10.1. The van der Waals surface area contributed by atoms with Gasteiger partial charge in [0.2, 0.25) is 15.8 Å². The number of hydrogen-bond donors (Lipinski definition) is 1. The van der Waals surface area contributed by atoms with Crippen molar-refractivity contribution in [3.8, 4) is 17.2 Å². The maximum atomic E-state index is 13.6. The van der Waals surface area contributed by atoms with E-state index in [4.69, 9.17) is 31.0 Å². The average molecular weight is 555 g/mol. The second-order valence-corrected chi connectivity index (χ2v) is 10.5. The van der Waals surface area contributed by atoms with Crippen LogP contribution in [0.3, 0.4) is 0 Å². The minimum atomic E-state index is -3.78. The number of hydrogen-bond acceptors (Lipinski definition) is 6. The maximum absolute atomic E-state index is 13.6. The first-order chi connectivity index (χ1) is 18.1. The fraction of sp³-hybridized carbons (Fsp3) is 0.179. The molecule has 0 bridgehead atoms. The molecule has 8 nitrogen and oxygen atoms in total. The van der Waals surface area contributed by atoms with Crippen molar-refractivity contribution in [3.63, 3.8) is 0 Å². The summed E-state index contributed by atoms with van der Waals surface area (Å²) in [5.74, 6) is 1.24. The van der Waals surface area contributed by atoms with Gasteiger partial charge in [-0.15, -0.1) is 0 Å². The van der Waals surface area contributed by atoms with Crippen LogP contribution in [0.5, 0.6) is 17.2 Å². The molecule has 3 aromatic carbocycles. The van der Waals surface area contributed by atoms with E-state index in [-0.39, 0.29) is 10.8 Å². The molecule has 4 rings (SSSR count). The topological polar surface area (TPSA) is 108 Å². The Morgan fingerprint density at radius 1 is 0.921 bits per heavy atom. The van der Waals surface area contributed by atoms with Crippen LogP contribution >= 0.6 is 11.6 Å². The van der Waals surface area contributed by atoms with E-state index in [1.807, 2.05) is 18.2 Å². The van der Waals surface area contributed by atoms with Gasteiger partial charge in [0.25, 0.3) is 5.91 Å². The lowest BCUT2D eigenvalue weighted by Gasteiger charge is -2.21. The van der Waals surface area contributed by atoms with Gasteiger partial charge in [-0.1, -0.05) is 35.9 Å². The van der Waals surface area contributed by atoms with E-state index >= 15 is 0 Å². The molecule has 1 heterocycles. The van der Waals surface area contributed by atoms with E-state index in [2.05, 4.69) is 0 Å². The lowest BCUT2D eigenvalue weighted by Crippen LogP contribution is -2.27. The zero-order valence-electron chi connectivity index (χ0n) is 21.1. The smallest absolute Gasteiger partial charge is 0.258 e. The second kappa shape index (κ2) is 11.3. The normalized spacial score (nSPS) is 14.6. The number of benzene rings is 3. The maximum Gasteiger partial charge on any atom is 0.258 e. The highest BCUT2D eigenvalue weighted by atomic mass is 35.5. The molecule has 0 fully saturated rings. The Morgan fingerprint density at radius 3 is 2.05 bits per heavy atom. The summed E-state index contributed by atoms with van der Waals surface area (Å²) < 4.78 is 39.4. The van der Waals surface area contributed by atoms with Crippen LogP contribution in [-0.4, -0.2) is 47.1 Å². The van der Waals surface area contributed by atoms with Crippen LogP contribution in [0.2, 0.25) is 5.02 Å². The van der Waals surface area contributed by atoms with E-state index in [9.17, 15) is 13.2 Å². The third-order valence-corrected chi connectivity index (χ3v) is 7.28. The van der Waals surface area contributed by atoms with Crippen LogP contribution < -0.4 is 19.3 Å². The molecular formula is C28H27ClN2O6S. The number of methoxy groups -OCH3 is 3. The van der Waals surface area contributed by atoms with E-state index < -0.39 is 10.0 Å². The molecule has 0 saturated heterocycles. The third-order valence-electron chi connectivity index (χ3n) is 6.10. The summed E-state index contributed by atoms with van der Waals surface area (Å²) in [7, 11) is 0.817. The van der Waals surface area contributed by atoms with Gasteiger partial charge < -0.3 is 19.1 Å². The van der Waals surface area contributed by atoms with Gasteiger partial charge in [-0.05, 0) is 71.7 Å². The first-order valence-electron chi connectivity index (χ1n) is 11.6. The number of rotatable bonds is 9. The van der Waals surface area contributed by atoms with Crippen LogP contribution in [0.15, 0.2) is 77.2 Å². The van der Waals surface area contributed by atoms with Crippen LogP contribution in [0.1, 0.15) is 16.7 Å². The van der Waals surface area contributed by atoms with Crippen molar-refractivity contribution in [1.82, 2.24) is 4.90 Å². The number of carbonyl (C=O) groups excluding carboxylic acids is 1. The second-order valence-electron chi connectivity index (χ2n) is 8.49. The fourth-order valence-corrected chi connectivity index (χ4v) is 4.83. The predicted molar refractivity (Wildman–Crippen MR) is 147 cm³/mol.